The van der Waals surface area contributed by atoms with Crippen molar-refractivity contribution in [3.63, 3.8) is 0 Å². The first kappa shape index (κ1) is 15.1. The second-order valence-corrected chi connectivity index (χ2v) is 5.82. The van der Waals surface area contributed by atoms with E-state index in [1.807, 2.05) is 4.90 Å². The molecule has 0 bridgehead atoms. The maximum atomic E-state index is 12.9. The third kappa shape index (κ3) is 3.33. The molecular formula is C15H17F3N4. The van der Waals surface area contributed by atoms with Crippen molar-refractivity contribution in [2.75, 3.05) is 31.1 Å². The van der Waals surface area contributed by atoms with Gasteiger partial charge in [0.05, 0.1) is 5.56 Å². The molecule has 2 heterocycles. The summed E-state index contributed by atoms with van der Waals surface area (Å²) in [5.41, 5.74) is -0.995. The first-order valence-electron chi connectivity index (χ1n) is 7.46. The third-order valence-corrected chi connectivity index (χ3v) is 4.17. The minimum atomic E-state index is -4.46. The van der Waals surface area contributed by atoms with Crippen molar-refractivity contribution in [2.24, 2.45) is 0 Å². The second-order valence-electron chi connectivity index (χ2n) is 5.82. The molecule has 1 saturated heterocycles. The molecule has 0 aromatic carbocycles. The lowest BCUT2D eigenvalue weighted by Crippen LogP contribution is -2.32. The summed E-state index contributed by atoms with van der Waals surface area (Å²) in [5.74, 6) is 0.254. The third-order valence-electron chi connectivity index (χ3n) is 4.17. The highest BCUT2D eigenvalue weighted by molar-refractivity contribution is 5.46. The molecule has 118 valence electrons. The summed E-state index contributed by atoms with van der Waals surface area (Å²) in [7, 11) is 0. The van der Waals surface area contributed by atoms with Crippen LogP contribution in [0.4, 0.5) is 19.0 Å². The van der Waals surface area contributed by atoms with Gasteiger partial charge in [0.25, 0.3) is 0 Å². The van der Waals surface area contributed by atoms with Crippen molar-refractivity contribution in [2.45, 2.75) is 31.5 Å². The SMILES string of the molecule is N#Cc1cc(C(F)(F)F)cc(N2CCCN(C3CC3)CC2)n1. The van der Waals surface area contributed by atoms with E-state index in [4.69, 9.17) is 5.26 Å². The van der Waals surface area contributed by atoms with E-state index in [0.717, 1.165) is 31.6 Å². The van der Waals surface area contributed by atoms with E-state index in [1.165, 1.54) is 12.8 Å². The summed E-state index contributed by atoms with van der Waals surface area (Å²) < 4.78 is 38.8. The molecule has 3 rings (SSSR count). The van der Waals surface area contributed by atoms with Crippen molar-refractivity contribution in [3.8, 4) is 6.07 Å². The lowest BCUT2D eigenvalue weighted by Gasteiger charge is -2.23. The van der Waals surface area contributed by atoms with Crippen molar-refractivity contribution in [1.29, 1.82) is 5.26 Å². The van der Waals surface area contributed by atoms with E-state index in [-0.39, 0.29) is 11.5 Å². The maximum absolute atomic E-state index is 12.9. The number of pyridine rings is 1. The molecule has 4 nitrogen and oxygen atoms in total. The van der Waals surface area contributed by atoms with Crippen molar-refractivity contribution >= 4 is 5.82 Å². The van der Waals surface area contributed by atoms with Gasteiger partial charge in [0, 0.05) is 32.2 Å². The molecule has 0 amide bonds. The number of alkyl halides is 3. The quantitative estimate of drug-likeness (QED) is 0.842. The Kier molecular flexibility index (Phi) is 3.96. The molecule has 0 N–H and O–H groups in total. The van der Waals surface area contributed by atoms with Gasteiger partial charge in [-0.05, 0) is 31.4 Å². The predicted octanol–water partition coefficient (Wildman–Crippen LogP) is 2.65. The number of anilines is 1. The van der Waals surface area contributed by atoms with E-state index < -0.39 is 11.7 Å². The molecule has 7 heteroatoms. The van der Waals surface area contributed by atoms with Gasteiger partial charge < -0.3 is 4.90 Å². The lowest BCUT2D eigenvalue weighted by molar-refractivity contribution is -0.137. The van der Waals surface area contributed by atoms with Gasteiger partial charge in [-0.25, -0.2) is 4.98 Å². The van der Waals surface area contributed by atoms with Gasteiger partial charge >= 0.3 is 6.18 Å². The van der Waals surface area contributed by atoms with E-state index in [0.29, 0.717) is 19.1 Å². The number of nitrogens with zero attached hydrogens (tertiary/aromatic N) is 4. The van der Waals surface area contributed by atoms with Crippen molar-refractivity contribution in [1.82, 2.24) is 9.88 Å². The molecule has 2 fully saturated rings. The standard InChI is InChI=1S/C15H17F3N4/c16-15(17,18)11-8-12(10-19)20-14(9-11)22-5-1-4-21(6-7-22)13-2-3-13/h8-9,13H,1-7H2. The number of nitriles is 1. The average Bonchev–Trinajstić information content (AvgIpc) is 3.31. The Hall–Kier alpha value is -1.81. The van der Waals surface area contributed by atoms with E-state index in [2.05, 4.69) is 9.88 Å². The molecule has 1 aromatic heterocycles. The van der Waals surface area contributed by atoms with Crippen LogP contribution in [0.25, 0.3) is 0 Å². The summed E-state index contributed by atoms with van der Waals surface area (Å²) in [6.07, 6.45) is -1.12. The maximum Gasteiger partial charge on any atom is 0.416 e. The first-order chi connectivity index (χ1) is 10.5. The van der Waals surface area contributed by atoms with Gasteiger partial charge in [0.1, 0.15) is 17.6 Å². The Morgan fingerprint density at radius 1 is 1.14 bits per heavy atom. The monoisotopic (exact) mass is 310 g/mol. The lowest BCUT2D eigenvalue weighted by atomic mass is 10.2. The fourth-order valence-corrected chi connectivity index (χ4v) is 2.87. The van der Waals surface area contributed by atoms with Crippen LogP contribution < -0.4 is 4.90 Å². The molecule has 1 saturated carbocycles. The molecule has 0 spiro atoms. The van der Waals surface area contributed by atoms with Gasteiger partial charge in [-0.2, -0.15) is 18.4 Å². The highest BCUT2D eigenvalue weighted by Crippen LogP contribution is 2.32. The van der Waals surface area contributed by atoms with Crippen LogP contribution in [0.5, 0.6) is 0 Å². The van der Waals surface area contributed by atoms with Gasteiger partial charge in [-0.3, -0.25) is 4.90 Å². The fourth-order valence-electron chi connectivity index (χ4n) is 2.87. The number of hydrogen-bond donors (Lipinski definition) is 0. The summed E-state index contributed by atoms with van der Waals surface area (Å²) >= 11 is 0. The molecule has 0 radical (unpaired) electrons. The Morgan fingerprint density at radius 2 is 1.91 bits per heavy atom. The van der Waals surface area contributed by atoms with Gasteiger partial charge in [-0.15, -0.1) is 0 Å². The van der Waals surface area contributed by atoms with Crippen molar-refractivity contribution < 1.29 is 13.2 Å². The Morgan fingerprint density at radius 3 is 2.55 bits per heavy atom. The van der Waals surface area contributed by atoms with Crippen LogP contribution in [0.3, 0.4) is 0 Å². The van der Waals surface area contributed by atoms with Crippen LogP contribution >= 0.6 is 0 Å². The number of halogens is 3. The number of hydrogen-bond acceptors (Lipinski definition) is 4. The smallest absolute Gasteiger partial charge is 0.355 e. The molecule has 0 unspecified atom stereocenters. The van der Waals surface area contributed by atoms with E-state index >= 15 is 0 Å². The number of aromatic nitrogens is 1. The highest BCUT2D eigenvalue weighted by Gasteiger charge is 2.33. The molecular weight excluding hydrogens is 293 g/mol. The van der Waals surface area contributed by atoms with Crippen molar-refractivity contribution in [3.05, 3.63) is 23.4 Å². The summed E-state index contributed by atoms with van der Waals surface area (Å²) in [4.78, 5) is 8.32. The zero-order chi connectivity index (χ0) is 15.7. The largest absolute Gasteiger partial charge is 0.416 e. The minimum absolute atomic E-state index is 0.187. The second kappa shape index (κ2) is 5.76. The zero-order valence-corrected chi connectivity index (χ0v) is 12.1. The minimum Gasteiger partial charge on any atom is -0.355 e. The molecule has 22 heavy (non-hydrogen) atoms. The average molecular weight is 310 g/mol. The Balaban J connectivity index is 1.82. The van der Waals surface area contributed by atoms with E-state index in [1.54, 1.807) is 6.07 Å². The van der Waals surface area contributed by atoms with Gasteiger partial charge in [0.15, 0.2) is 0 Å². The molecule has 1 aromatic rings. The normalized spacial score (nSPS) is 20.5. The fraction of sp³-hybridized carbons (Fsp3) is 0.600. The zero-order valence-electron chi connectivity index (χ0n) is 12.1. The predicted molar refractivity (Wildman–Crippen MR) is 75.4 cm³/mol. The van der Waals surface area contributed by atoms with Crippen LogP contribution in [0.15, 0.2) is 12.1 Å². The Labute approximate surface area is 127 Å². The van der Waals surface area contributed by atoms with Crippen LogP contribution in [0, 0.1) is 11.3 Å². The Bertz CT molecular complexity index is 589. The molecule has 1 aliphatic heterocycles. The number of rotatable bonds is 2. The van der Waals surface area contributed by atoms with Crippen LogP contribution in [0.2, 0.25) is 0 Å². The van der Waals surface area contributed by atoms with Gasteiger partial charge in [0.2, 0.25) is 0 Å². The summed E-state index contributed by atoms with van der Waals surface area (Å²) in [6, 6.07) is 4.23. The van der Waals surface area contributed by atoms with Crippen LogP contribution in [0.1, 0.15) is 30.5 Å². The van der Waals surface area contributed by atoms with E-state index in [9.17, 15) is 13.2 Å². The van der Waals surface area contributed by atoms with Crippen LogP contribution in [-0.4, -0.2) is 42.1 Å². The topological polar surface area (TPSA) is 43.2 Å². The molecule has 1 aliphatic carbocycles. The van der Waals surface area contributed by atoms with Crippen LogP contribution in [-0.2, 0) is 6.18 Å². The summed E-state index contributed by atoms with van der Waals surface area (Å²) in [5, 5.41) is 8.92. The summed E-state index contributed by atoms with van der Waals surface area (Å²) in [6.45, 7) is 3.13. The highest BCUT2D eigenvalue weighted by atomic mass is 19.4. The first-order valence-corrected chi connectivity index (χ1v) is 7.46. The molecule has 2 aliphatic rings. The van der Waals surface area contributed by atoms with Gasteiger partial charge in [-0.1, -0.05) is 0 Å². The molecule has 0 atom stereocenters.